The summed E-state index contributed by atoms with van der Waals surface area (Å²) in [7, 11) is 1.56. The molecule has 3 aromatic carbocycles. The number of ketones is 1. The fraction of sp³-hybridized carbons (Fsp3) is 0.281. The number of benzene rings is 3. The largest absolute Gasteiger partial charge is 0.497 e. The van der Waals surface area contributed by atoms with Crippen LogP contribution in [0.1, 0.15) is 37.8 Å². The molecule has 6 rings (SSSR count). The Balaban J connectivity index is 1.64. The number of allylic oxidation sites excluding steroid dienone is 2. The van der Waals surface area contributed by atoms with E-state index in [2.05, 4.69) is 0 Å². The molecular formula is C32H29NO4. The number of methoxy groups -OCH3 is 1. The molecule has 1 saturated carbocycles. The minimum Gasteiger partial charge on any atom is -0.497 e. The number of Topliss-reactive ketones (excluding diaryl/α,β-unsaturated/α-hetero) is 1. The number of fused-ring (bicyclic) bond motifs is 5. The van der Waals surface area contributed by atoms with Gasteiger partial charge >= 0.3 is 0 Å². The number of imide groups is 1. The van der Waals surface area contributed by atoms with Gasteiger partial charge in [-0.15, -0.1) is 0 Å². The lowest BCUT2D eigenvalue weighted by molar-refractivity contribution is -0.134. The smallest absolute Gasteiger partial charge is 0.239 e. The van der Waals surface area contributed by atoms with E-state index < -0.39 is 22.7 Å². The highest BCUT2D eigenvalue weighted by atomic mass is 16.5. The minimum absolute atomic E-state index is 0.00143. The maximum Gasteiger partial charge on any atom is 0.239 e. The zero-order chi connectivity index (χ0) is 25.9. The summed E-state index contributed by atoms with van der Waals surface area (Å²) in [5, 5.41) is 0. The van der Waals surface area contributed by atoms with Crippen molar-refractivity contribution in [3.8, 4) is 5.75 Å². The van der Waals surface area contributed by atoms with Crippen molar-refractivity contribution >= 4 is 34.4 Å². The molecular weight excluding hydrogens is 462 g/mol. The highest BCUT2D eigenvalue weighted by molar-refractivity contribution is 6.34. The van der Waals surface area contributed by atoms with Crippen molar-refractivity contribution in [2.75, 3.05) is 12.0 Å². The molecule has 2 fully saturated rings. The van der Waals surface area contributed by atoms with Crippen LogP contribution in [0.15, 0.2) is 84.9 Å². The molecule has 186 valence electrons. The first-order chi connectivity index (χ1) is 17.9. The first-order valence-electron chi connectivity index (χ1n) is 12.8. The van der Waals surface area contributed by atoms with Crippen LogP contribution in [-0.2, 0) is 14.4 Å². The van der Waals surface area contributed by atoms with Gasteiger partial charge in [0.25, 0.3) is 0 Å². The van der Waals surface area contributed by atoms with E-state index in [1.165, 1.54) is 4.90 Å². The van der Waals surface area contributed by atoms with Crippen LogP contribution in [0.25, 0.3) is 11.1 Å². The molecule has 2 aliphatic carbocycles. The number of rotatable bonds is 6. The summed E-state index contributed by atoms with van der Waals surface area (Å²) in [6.07, 6.45) is 1.22. The Hall–Kier alpha value is -3.99. The second-order valence-electron chi connectivity index (χ2n) is 10.4. The lowest BCUT2D eigenvalue weighted by Crippen LogP contribution is -2.41. The SMILES string of the molecule is CCC[C@]12C(=O)[C@](C)(C(c3ccccc3)=C1c1ccccc1)[C@@H]1C(=O)N(c3cccc(OC)c3)C(=O)[C@@H]12. The number of ether oxygens (including phenoxy) is 1. The van der Waals surface area contributed by atoms with E-state index in [9.17, 15) is 14.4 Å². The maximum atomic E-state index is 14.6. The number of carbonyl (C=O) groups is 3. The van der Waals surface area contributed by atoms with Crippen LogP contribution in [-0.4, -0.2) is 24.7 Å². The molecule has 0 aromatic heterocycles. The van der Waals surface area contributed by atoms with E-state index in [0.717, 1.165) is 22.3 Å². The van der Waals surface area contributed by atoms with Gasteiger partial charge in [-0.25, -0.2) is 4.90 Å². The third-order valence-electron chi connectivity index (χ3n) is 8.63. The topological polar surface area (TPSA) is 63.7 Å². The van der Waals surface area contributed by atoms with Crippen LogP contribution in [0.4, 0.5) is 5.69 Å². The molecule has 3 aromatic rings. The summed E-state index contributed by atoms with van der Waals surface area (Å²) in [6, 6.07) is 26.8. The van der Waals surface area contributed by atoms with Crippen molar-refractivity contribution in [1.29, 1.82) is 0 Å². The maximum absolute atomic E-state index is 14.6. The molecule has 2 amide bonds. The summed E-state index contributed by atoms with van der Waals surface area (Å²) < 4.78 is 5.37. The Morgan fingerprint density at radius 3 is 1.97 bits per heavy atom. The van der Waals surface area contributed by atoms with E-state index in [4.69, 9.17) is 4.74 Å². The molecule has 0 radical (unpaired) electrons. The number of anilines is 1. The van der Waals surface area contributed by atoms with Crippen LogP contribution < -0.4 is 9.64 Å². The summed E-state index contributed by atoms with van der Waals surface area (Å²) in [6.45, 7) is 3.93. The highest BCUT2D eigenvalue weighted by Crippen LogP contribution is 2.75. The number of nitrogens with zero attached hydrogens (tertiary/aromatic N) is 1. The van der Waals surface area contributed by atoms with Crippen molar-refractivity contribution in [3.05, 3.63) is 96.1 Å². The van der Waals surface area contributed by atoms with Gasteiger partial charge in [-0.1, -0.05) is 80.1 Å². The van der Waals surface area contributed by atoms with Crippen LogP contribution in [0.2, 0.25) is 0 Å². The Morgan fingerprint density at radius 2 is 1.38 bits per heavy atom. The molecule has 1 aliphatic heterocycles. The number of carbonyl (C=O) groups excluding carboxylic acids is 3. The zero-order valence-corrected chi connectivity index (χ0v) is 21.2. The van der Waals surface area contributed by atoms with E-state index in [-0.39, 0.29) is 17.6 Å². The molecule has 3 aliphatic rings. The predicted molar refractivity (Wildman–Crippen MR) is 143 cm³/mol. The molecule has 0 unspecified atom stereocenters. The normalized spacial score (nSPS) is 28.3. The number of amides is 2. The number of hydrogen-bond donors (Lipinski definition) is 0. The van der Waals surface area contributed by atoms with Gasteiger partial charge in [-0.2, -0.15) is 0 Å². The van der Waals surface area contributed by atoms with Gasteiger partial charge in [0.15, 0.2) is 5.78 Å². The minimum atomic E-state index is -1.12. The average molecular weight is 492 g/mol. The van der Waals surface area contributed by atoms with Crippen LogP contribution in [0.5, 0.6) is 5.75 Å². The Kier molecular flexibility index (Phi) is 5.23. The molecule has 1 heterocycles. The van der Waals surface area contributed by atoms with E-state index >= 15 is 0 Å². The van der Waals surface area contributed by atoms with Gasteiger partial charge < -0.3 is 4.74 Å². The molecule has 37 heavy (non-hydrogen) atoms. The Morgan fingerprint density at radius 1 is 0.784 bits per heavy atom. The molecule has 1 saturated heterocycles. The van der Waals surface area contributed by atoms with Crippen molar-refractivity contribution < 1.29 is 19.1 Å². The first kappa shape index (κ1) is 23.4. The standard InChI is InChI=1S/C32H29NO4/c1-4-18-32-25(21-14-9-6-10-15-21)24(20-12-7-5-8-13-20)31(2,30(32)36)26-27(32)29(35)33(28(26)34)22-16-11-17-23(19-22)37-3/h5-17,19,26-27H,4,18H2,1-3H3/t26-,27+,31+,32-/m0/s1. The second-order valence-corrected chi connectivity index (χ2v) is 10.4. The zero-order valence-electron chi connectivity index (χ0n) is 21.2. The number of hydrogen-bond acceptors (Lipinski definition) is 4. The quantitative estimate of drug-likeness (QED) is 0.409. The van der Waals surface area contributed by atoms with Crippen LogP contribution in [0, 0.1) is 22.7 Å². The average Bonchev–Trinajstić information content (AvgIpc) is 3.39. The third kappa shape index (κ3) is 2.88. The lowest BCUT2D eigenvalue weighted by Gasteiger charge is -2.37. The monoisotopic (exact) mass is 491 g/mol. The fourth-order valence-electron chi connectivity index (χ4n) is 7.36. The van der Waals surface area contributed by atoms with Gasteiger partial charge in [-0.3, -0.25) is 14.4 Å². The van der Waals surface area contributed by atoms with E-state index in [1.807, 2.05) is 74.5 Å². The Labute approximate surface area is 216 Å². The van der Waals surface area contributed by atoms with E-state index in [0.29, 0.717) is 24.3 Å². The first-order valence-corrected chi connectivity index (χ1v) is 12.8. The van der Waals surface area contributed by atoms with E-state index in [1.54, 1.807) is 31.4 Å². The molecule has 5 heteroatoms. The third-order valence-corrected chi connectivity index (χ3v) is 8.63. The molecule has 0 N–H and O–H groups in total. The fourth-order valence-corrected chi connectivity index (χ4v) is 7.36. The summed E-state index contributed by atoms with van der Waals surface area (Å²) in [5.41, 5.74) is 1.94. The van der Waals surface area contributed by atoms with Gasteiger partial charge in [0.1, 0.15) is 5.75 Å². The van der Waals surface area contributed by atoms with Crippen molar-refractivity contribution in [2.24, 2.45) is 22.7 Å². The van der Waals surface area contributed by atoms with Gasteiger partial charge in [0.2, 0.25) is 11.8 Å². The summed E-state index contributed by atoms with van der Waals surface area (Å²) >= 11 is 0. The van der Waals surface area contributed by atoms with Crippen molar-refractivity contribution in [3.63, 3.8) is 0 Å². The van der Waals surface area contributed by atoms with Crippen LogP contribution in [0.3, 0.4) is 0 Å². The van der Waals surface area contributed by atoms with Crippen molar-refractivity contribution in [1.82, 2.24) is 0 Å². The van der Waals surface area contributed by atoms with Gasteiger partial charge in [-0.05, 0) is 47.8 Å². The molecule has 0 spiro atoms. The summed E-state index contributed by atoms with van der Waals surface area (Å²) in [4.78, 5) is 44.4. The Bertz CT molecular complexity index is 1460. The second kappa shape index (κ2) is 8.27. The molecule has 4 atom stereocenters. The molecule has 5 nitrogen and oxygen atoms in total. The van der Waals surface area contributed by atoms with Crippen molar-refractivity contribution in [2.45, 2.75) is 26.7 Å². The highest BCUT2D eigenvalue weighted by Gasteiger charge is 2.80. The van der Waals surface area contributed by atoms with Gasteiger partial charge in [0, 0.05) is 6.07 Å². The summed E-state index contributed by atoms with van der Waals surface area (Å²) in [5.74, 6) is -1.54. The molecule has 2 bridgehead atoms. The lowest BCUT2D eigenvalue weighted by atomic mass is 9.61. The van der Waals surface area contributed by atoms with Crippen LogP contribution >= 0.6 is 0 Å². The predicted octanol–water partition coefficient (Wildman–Crippen LogP) is 5.80. The van der Waals surface area contributed by atoms with Gasteiger partial charge in [0.05, 0.1) is 35.5 Å².